The Kier molecular flexibility index (Phi) is 7.02. The molecule has 0 aromatic heterocycles. The van der Waals surface area contributed by atoms with Crippen molar-refractivity contribution in [2.24, 2.45) is 0 Å². The van der Waals surface area contributed by atoms with Gasteiger partial charge in [0.1, 0.15) is 0 Å². The summed E-state index contributed by atoms with van der Waals surface area (Å²) in [7, 11) is 0. The quantitative estimate of drug-likeness (QED) is 0.535. The van der Waals surface area contributed by atoms with Gasteiger partial charge in [-0.25, -0.2) is 0 Å². The van der Waals surface area contributed by atoms with Crippen LogP contribution < -0.4 is 5.32 Å². The molecule has 0 aromatic carbocycles. The number of carbonyl (C=O) groups excluding carboxylic acids is 1. The van der Waals surface area contributed by atoms with Crippen molar-refractivity contribution in [2.45, 2.75) is 19.4 Å². The van der Waals surface area contributed by atoms with Crippen molar-refractivity contribution in [3.8, 4) is 0 Å². The zero-order chi connectivity index (χ0) is 10.1. The van der Waals surface area contributed by atoms with Gasteiger partial charge < -0.3 is 5.32 Å². The second-order valence-electron chi connectivity index (χ2n) is 2.39. The van der Waals surface area contributed by atoms with Crippen molar-refractivity contribution < 1.29 is 4.79 Å². The predicted octanol–water partition coefficient (Wildman–Crippen LogP) is 2.38. The third-order valence-corrected chi connectivity index (χ3v) is 1.55. The highest BCUT2D eigenvalue weighted by molar-refractivity contribution is 6.25. The van der Waals surface area contributed by atoms with E-state index >= 15 is 0 Å². The minimum Gasteiger partial charge on any atom is -0.346 e. The molecule has 0 aliphatic heterocycles. The van der Waals surface area contributed by atoms with E-state index in [1.807, 2.05) is 0 Å². The van der Waals surface area contributed by atoms with Gasteiger partial charge in [0.15, 0.2) is 0 Å². The minimum atomic E-state index is -0.125. The maximum atomic E-state index is 11.0. The number of rotatable bonds is 5. The van der Waals surface area contributed by atoms with Crippen LogP contribution in [0, 0.1) is 0 Å². The SMILES string of the molecule is C=CC(C=C/C=C/Cl)NC(=O)CC. The average Bonchev–Trinajstić information content (AvgIpc) is 2.16. The number of nitrogens with one attached hydrogen (secondary N) is 1. The molecule has 1 amide bonds. The van der Waals surface area contributed by atoms with Crippen LogP contribution in [0.1, 0.15) is 13.3 Å². The van der Waals surface area contributed by atoms with E-state index in [-0.39, 0.29) is 11.9 Å². The third kappa shape index (κ3) is 6.17. The van der Waals surface area contributed by atoms with E-state index in [9.17, 15) is 4.79 Å². The smallest absolute Gasteiger partial charge is 0.220 e. The maximum absolute atomic E-state index is 11.0. The van der Waals surface area contributed by atoms with Gasteiger partial charge in [0, 0.05) is 12.0 Å². The molecule has 72 valence electrons. The van der Waals surface area contributed by atoms with E-state index in [0.717, 1.165) is 0 Å². The summed E-state index contributed by atoms with van der Waals surface area (Å²) in [6.45, 7) is 5.41. The summed E-state index contributed by atoms with van der Waals surface area (Å²) in [6.07, 6.45) is 7.38. The number of halogens is 1. The standard InChI is InChI=1S/C10H14ClNO/c1-3-9(7-5-6-8-11)12-10(13)4-2/h3,5-9H,1,4H2,2H3,(H,12,13)/b7-5?,8-6+. The molecule has 0 fully saturated rings. The lowest BCUT2D eigenvalue weighted by molar-refractivity contribution is -0.120. The van der Waals surface area contributed by atoms with Crippen molar-refractivity contribution in [1.29, 1.82) is 0 Å². The number of allylic oxidation sites excluding steroid dienone is 2. The first-order valence-electron chi connectivity index (χ1n) is 4.10. The molecule has 1 N–H and O–H groups in total. The molecule has 0 aromatic rings. The van der Waals surface area contributed by atoms with Gasteiger partial charge in [-0.3, -0.25) is 4.79 Å². The Hall–Kier alpha value is -1.02. The minimum absolute atomic E-state index is 0.00408. The molecule has 3 heteroatoms. The average molecular weight is 200 g/mol. The highest BCUT2D eigenvalue weighted by atomic mass is 35.5. The Balaban J connectivity index is 4.03. The van der Waals surface area contributed by atoms with Crippen LogP contribution in [0.2, 0.25) is 0 Å². The Morgan fingerprint density at radius 1 is 1.62 bits per heavy atom. The summed E-state index contributed by atoms with van der Waals surface area (Å²) in [4.78, 5) is 11.0. The van der Waals surface area contributed by atoms with Crippen molar-refractivity contribution in [3.05, 3.63) is 36.4 Å². The Bertz CT molecular complexity index is 221. The van der Waals surface area contributed by atoms with Gasteiger partial charge in [0.05, 0.1) is 6.04 Å². The maximum Gasteiger partial charge on any atom is 0.220 e. The molecule has 0 saturated carbocycles. The Morgan fingerprint density at radius 3 is 2.77 bits per heavy atom. The van der Waals surface area contributed by atoms with E-state index in [1.165, 1.54) is 5.54 Å². The summed E-state index contributed by atoms with van der Waals surface area (Å²) in [5.74, 6) is 0.00408. The van der Waals surface area contributed by atoms with Gasteiger partial charge >= 0.3 is 0 Å². The molecule has 0 heterocycles. The molecular formula is C10H14ClNO. The molecule has 1 unspecified atom stereocenters. The summed E-state index contributed by atoms with van der Waals surface area (Å²) < 4.78 is 0. The number of hydrogen-bond acceptors (Lipinski definition) is 1. The van der Waals surface area contributed by atoms with Crippen LogP contribution in [0.15, 0.2) is 36.4 Å². The summed E-state index contributed by atoms with van der Waals surface area (Å²) in [5.41, 5.74) is 1.40. The number of amides is 1. The number of carbonyl (C=O) groups is 1. The van der Waals surface area contributed by atoms with E-state index < -0.39 is 0 Å². The lowest BCUT2D eigenvalue weighted by Crippen LogP contribution is -2.30. The van der Waals surface area contributed by atoms with E-state index in [2.05, 4.69) is 11.9 Å². The number of hydrogen-bond donors (Lipinski definition) is 1. The van der Waals surface area contributed by atoms with Gasteiger partial charge in [0.25, 0.3) is 0 Å². The van der Waals surface area contributed by atoms with Crippen LogP contribution in [-0.2, 0) is 4.79 Å². The van der Waals surface area contributed by atoms with Crippen molar-refractivity contribution >= 4 is 17.5 Å². The molecule has 2 nitrogen and oxygen atoms in total. The molecular weight excluding hydrogens is 186 g/mol. The van der Waals surface area contributed by atoms with Crippen molar-refractivity contribution in [2.75, 3.05) is 0 Å². The molecule has 0 aliphatic rings. The van der Waals surface area contributed by atoms with Crippen LogP contribution in [-0.4, -0.2) is 11.9 Å². The fourth-order valence-corrected chi connectivity index (χ4v) is 0.783. The van der Waals surface area contributed by atoms with Gasteiger partial charge in [-0.05, 0) is 0 Å². The topological polar surface area (TPSA) is 29.1 Å². The predicted molar refractivity (Wildman–Crippen MR) is 56.6 cm³/mol. The van der Waals surface area contributed by atoms with Crippen LogP contribution in [0.5, 0.6) is 0 Å². The zero-order valence-corrected chi connectivity index (χ0v) is 8.42. The van der Waals surface area contributed by atoms with E-state index in [1.54, 1.807) is 31.2 Å². The molecule has 13 heavy (non-hydrogen) atoms. The van der Waals surface area contributed by atoms with Crippen LogP contribution in [0.3, 0.4) is 0 Å². The van der Waals surface area contributed by atoms with Crippen LogP contribution >= 0.6 is 11.6 Å². The first kappa shape index (κ1) is 12.0. The van der Waals surface area contributed by atoms with Gasteiger partial charge in [0.2, 0.25) is 5.91 Å². The van der Waals surface area contributed by atoms with Crippen LogP contribution in [0.4, 0.5) is 0 Å². The molecule has 0 aliphatic carbocycles. The second-order valence-corrected chi connectivity index (χ2v) is 2.64. The first-order valence-corrected chi connectivity index (χ1v) is 4.53. The van der Waals surface area contributed by atoms with E-state index in [4.69, 9.17) is 11.6 Å². The summed E-state index contributed by atoms with van der Waals surface area (Å²) >= 11 is 5.32. The second kappa shape index (κ2) is 7.62. The fraction of sp³-hybridized carbons (Fsp3) is 0.300. The van der Waals surface area contributed by atoms with Gasteiger partial charge in [-0.1, -0.05) is 42.8 Å². The molecule has 0 spiro atoms. The summed E-state index contributed by atoms with van der Waals surface area (Å²) in [5, 5.41) is 2.75. The molecule has 0 saturated heterocycles. The Labute approximate surface area is 84.0 Å². The normalized spacial score (nSPS) is 13.4. The van der Waals surface area contributed by atoms with Gasteiger partial charge in [-0.2, -0.15) is 0 Å². The van der Waals surface area contributed by atoms with Crippen molar-refractivity contribution in [1.82, 2.24) is 5.32 Å². The zero-order valence-electron chi connectivity index (χ0n) is 7.66. The molecule has 0 rings (SSSR count). The molecule has 0 radical (unpaired) electrons. The summed E-state index contributed by atoms with van der Waals surface area (Å²) in [6, 6.07) is -0.125. The van der Waals surface area contributed by atoms with E-state index in [0.29, 0.717) is 6.42 Å². The lowest BCUT2D eigenvalue weighted by Gasteiger charge is -2.08. The molecule has 1 atom stereocenters. The van der Waals surface area contributed by atoms with Gasteiger partial charge in [-0.15, -0.1) is 6.58 Å². The Morgan fingerprint density at radius 2 is 2.31 bits per heavy atom. The monoisotopic (exact) mass is 199 g/mol. The lowest BCUT2D eigenvalue weighted by atomic mass is 10.2. The molecule has 0 bridgehead atoms. The third-order valence-electron chi connectivity index (χ3n) is 1.41. The first-order chi connectivity index (χ1) is 6.24. The fourth-order valence-electron chi connectivity index (χ4n) is 0.699. The van der Waals surface area contributed by atoms with Crippen molar-refractivity contribution in [3.63, 3.8) is 0 Å². The highest BCUT2D eigenvalue weighted by Crippen LogP contribution is 1.91. The van der Waals surface area contributed by atoms with Crippen LogP contribution in [0.25, 0.3) is 0 Å². The largest absolute Gasteiger partial charge is 0.346 e. The highest BCUT2D eigenvalue weighted by Gasteiger charge is 2.01.